The average molecular weight is 504 g/mol. The molecule has 1 aliphatic heterocycles. The summed E-state index contributed by atoms with van der Waals surface area (Å²) in [7, 11) is 5.93. The summed E-state index contributed by atoms with van der Waals surface area (Å²) in [5, 5.41) is 3.46. The molecule has 1 saturated heterocycles. The molecule has 0 aromatic heterocycles. The first-order chi connectivity index (χ1) is 13.2. The highest BCUT2D eigenvalue weighted by Gasteiger charge is 2.25. The molecule has 0 amide bonds. The number of rotatable bonds is 10. The van der Waals surface area contributed by atoms with Gasteiger partial charge in [-0.3, -0.25) is 4.99 Å². The van der Waals surface area contributed by atoms with Crippen molar-refractivity contribution in [3.63, 3.8) is 0 Å². The molecule has 1 aromatic carbocycles. The van der Waals surface area contributed by atoms with E-state index in [-0.39, 0.29) is 30.0 Å². The van der Waals surface area contributed by atoms with E-state index in [9.17, 15) is 0 Å². The van der Waals surface area contributed by atoms with Crippen molar-refractivity contribution >= 4 is 29.9 Å². The van der Waals surface area contributed by atoms with E-state index in [0.29, 0.717) is 19.1 Å². The second kappa shape index (κ2) is 14.1. The summed E-state index contributed by atoms with van der Waals surface area (Å²) in [6, 6.07) is 10.9. The van der Waals surface area contributed by atoms with Gasteiger partial charge in [-0.2, -0.15) is 0 Å². The van der Waals surface area contributed by atoms with Gasteiger partial charge in [0.2, 0.25) is 0 Å². The fourth-order valence-electron chi connectivity index (χ4n) is 3.39. The number of methoxy groups -OCH3 is 1. The molecule has 0 spiro atoms. The van der Waals surface area contributed by atoms with Crippen molar-refractivity contribution in [1.29, 1.82) is 0 Å². The third-order valence-corrected chi connectivity index (χ3v) is 4.93. The van der Waals surface area contributed by atoms with E-state index in [2.05, 4.69) is 66.5 Å². The lowest BCUT2D eigenvalue weighted by molar-refractivity contribution is 0.0536. The largest absolute Gasteiger partial charge is 0.382 e. The number of ether oxygens (including phenoxy) is 2. The van der Waals surface area contributed by atoms with E-state index in [1.165, 1.54) is 5.56 Å². The fraction of sp³-hybridized carbons (Fsp3) is 0.667. The molecule has 0 aliphatic carbocycles. The van der Waals surface area contributed by atoms with Gasteiger partial charge in [-0.1, -0.05) is 30.3 Å². The van der Waals surface area contributed by atoms with Crippen LogP contribution in [0.2, 0.25) is 0 Å². The van der Waals surface area contributed by atoms with E-state index in [4.69, 9.17) is 14.5 Å². The number of benzene rings is 1. The highest BCUT2D eigenvalue weighted by atomic mass is 127. The van der Waals surface area contributed by atoms with E-state index in [0.717, 1.165) is 45.2 Å². The Balaban J connectivity index is 0.00000392. The highest BCUT2D eigenvalue weighted by molar-refractivity contribution is 14.0. The number of hydrogen-bond donors (Lipinski definition) is 1. The molecule has 1 aromatic rings. The molecule has 2 unspecified atom stereocenters. The molecule has 0 bridgehead atoms. The van der Waals surface area contributed by atoms with Crippen LogP contribution >= 0.6 is 24.0 Å². The van der Waals surface area contributed by atoms with Crippen molar-refractivity contribution in [2.75, 3.05) is 67.2 Å². The van der Waals surface area contributed by atoms with Gasteiger partial charge in [0, 0.05) is 32.7 Å². The van der Waals surface area contributed by atoms with Crippen LogP contribution < -0.4 is 5.32 Å². The number of likely N-dealkylation sites (N-methyl/N-ethyl adjacent to an activating group) is 1. The number of guanidine groups is 1. The van der Waals surface area contributed by atoms with Crippen molar-refractivity contribution in [3.05, 3.63) is 35.9 Å². The smallest absolute Gasteiger partial charge is 0.193 e. The van der Waals surface area contributed by atoms with Crippen LogP contribution in [0.3, 0.4) is 0 Å². The minimum absolute atomic E-state index is 0. The van der Waals surface area contributed by atoms with Crippen LogP contribution in [-0.2, 0) is 9.47 Å². The molecule has 0 radical (unpaired) electrons. The van der Waals surface area contributed by atoms with Crippen molar-refractivity contribution < 1.29 is 9.47 Å². The van der Waals surface area contributed by atoms with E-state index in [1.807, 2.05) is 0 Å². The summed E-state index contributed by atoms with van der Waals surface area (Å²) in [6.45, 7) is 7.89. The average Bonchev–Trinajstić information content (AvgIpc) is 3.14. The Kier molecular flexibility index (Phi) is 12.7. The van der Waals surface area contributed by atoms with E-state index in [1.54, 1.807) is 7.11 Å². The molecular formula is C21H37IN4O2. The van der Waals surface area contributed by atoms with Gasteiger partial charge in [0.25, 0.3) is 0 Å². The molecule has 1 aliphatic rings. The number of halogens is 1. The number of aliphatic imine (C=N–C) groups is 1. The van der Waals surface area contributed by atoms with Crippen molar-refractivity contribution in [1.82, 2.24) is 15.1 Å². The normalized spacial score (nSPS) is 18.2. The van der Waals surface area contributed by atoms with Gasteiger partial charge >= 0.3 is 0 Å². The standard InChI is InChI=1S/C21H36N4O2.HI/c1-5-22-21(25-12-11-18(16-25)17-27-14-13-26-4)23-15-20(24(2)3)19-9-7-6-8-10-19;/h6-10,18,20H,5,11-17H2,1-4H3,(H,22,23);1H. The maximum atomic E-state index is 5.71. The van der Waals surface area contributed by atoms with Gasteiger partial charge in [-0.25, -0.2) is 0 Å². The third kappa shape index (κ3) is 8.23. The number of nitrogens with zero attached hydrogens (tertiary/aromatic N) is 3. The molecular weight excluding hydrogens is 467 g/mol. The summed E-state index contributed by atoms with van der Waals surface area (Å²) in [5.41, 5.74) is 1.30. The summed E-state index contributed by atoms with van der Waals surface area (Å²) < 4.78 is 10.8. The quantitative estimate of drug-likeness (QED) is 0.230. The lowest BCUT2D eigenvalue weighted by Crippen LogP contribution is -2.41. The zero-order chi connectivity index (χ0) is 19.5. The number of likely N-dealkylation sites (tertiary alicyclic amines) is 1. The van der Waals surface area contributed by atoms with Gasteiger partial charge in [-0.05, 0) is 33.0 Å². The van der Waals surface area contributed by atoms with Crippen LogP contribution in [0.4, 0.5) is 0 Å². The first kappa shape index (κ1) is 25.1. The van der Waals surface area contributed by atoms with Crippen LogP contribution in [0.1, 0.15) is 24.9 Å². The monoisotopic (exact) mass is 504 g/mol. The lowest BCUT2D eigenvalue weighted by atomic mass is 10.1. The molecule has 1 fully saturated rings. The Bertz CT molecular complexity index is 557. The van der Waals surface area contributed by atoms with Crippen LogP contribution in [0.15, 0.2) is 35.3 Å². The number of hydrogen-bond acceptors (Lipinski definition) is 4. The highest BCUT2D eigenvalue weighted by Crippen LogP contribution is 2.20. The fourth-order valence-corrected chi connectivity index (χ4v) is 3.39. The van der Waals surface area contributed by atoms with Crippen LogP contribution in [0, 0.1) is 5.92 Å². The topological polar surface area (TPSA) is 49.3 Å². The van der Waals surface area contributed by atoms with Crippen molar-refractivity contribution in [2.24, 2.45) is 10.9 Å². The second-order valence-electron chi connectivity index (χ2n) is 7.25. The maximum absolute atomic E-state index is 5.71. The Hall–Kier alpha value is -0.900. The molecule has 0 saturated carbocycles. The van der Waals surface area contributed by atoms with Gasteiger partial charge in [0.1, 0.15) is 0 Å². The number of nitrogens with one attached hydrogen (secondary N) is 1. The SMILES string of the molecule is CCNC(=NCC(c1ccccc1)N(C)C)N1CCC(COCCOC)C1.I. The molecule has 6 nitrogen and oxygen atoms in total. The first-order valence-electron chi connectivity index (χ1n) is 9.97. The summed E-state index contributed by atoms with van der Waals surface area (Å²) >= 11 is 0. The predicted molar refractivity (Wildman–Crippen MR) is 127 cm³/mol. The Morgan fingerprint density at radius 1 is 1.29 bits per heavy atom. The maximum Gasteiger partial charge on any atom is 0.193 e. The molecule has 28 heavy (non-hydrogen) atoms. The summed E-state index contributed by atoms with van der Waals surface area (Å²) in [5.74, 6) is 1.57. The molecule has 2 rings (SSSR count). The van der Waals surface area contributed by atoms with Gasteiger partial charge in [0.05, 0.1) is 32.4 Å². The van der Waals surface area contributed by atoms with Gasteiger partial charge in [-0.15, -0.1) is 24.0 Å². The van der Waals surface area contributed by atoms with Crippen LogP contribution in [0.25, 0.3) is 0 Å². The Morgan fingerprint density at radius 3 is 2.68 bits per heavy atom. The van der Waals surface area contributed by atoms with Crippen LogP contribution in [-0.4, -0.2) is 83.0 Å². The summed E-state index contributed by atoms with van der Waals surface area (Å²) in [4.78, 5) is 9.57. The van der Waals surface area contributed by atoms with E-state index < -0.39 is 0 Å². The molecule has 2 atom stereocenters. The molecule has 7 heteroatoms. The third-order valence-electron chi connectivity index (χ3n) is 4.93. The minimum atomic E-state index is 0. The minimum Gasteiger partial charge on any atom is -0.382 e. The zero-order valence-corrected chi connectivity index (χ0v) is 20.1. The summed E-state index contributed by atoms with van der Waals surface area (Å²) in [6.07, 6.45) is 1.15. The first-order valence-corrected chi connectivity index (χ1v) is 9.97. The lowest BCUT2D eigenvalue weighted by Gasteiger charge is -2.26. The molecule has 1 heterocycles. The van der Waals surface area contributed by atoms with Crippen LogP contribution in [0.5, 0.6) is 0 Å². The molecule has 1 N–H and O–H groups in total. The predicted octanol–water partition coefficient (Wildman–Crippen LogP) is 2.86. The van der Waals surface area contributed by atoms with E-state index >= 15 is 0 Å². The Morgan fingerprint density at radius 2 is 2.04 bits per heavy atom. The zero-order valence-electron chi connectivity index (χ0n) is 17.8. The van der Waals surface area contributed by atoms with Gasteiger partial charge < -0.3 is 24.6 Å². The second-order valence-corrected chi connectivity index (χ2v) is 7.25. The van der Waals surface area contributed by atoms with Gasteiger partial charge in [0.15, 0.2) is 5.96 Å². The molecule has 160 valence electrons. The van der Waals surface area contributed by atoms with Crippen molar-refractivity contribution in [2.45, 2.75) is 19.4 Å². The van der Waals surface area contributed by atoms with Crippen molar-refractivity contribution in [3.8, 4) is 0 Å². The Labute approximate surface area is 187 Å².